The van der Waals surface area contributed by atoms with Crippen molar-refractivity contribution < 1.29 is 23.7 Å². The molecule has 0 fully saturated rings. The highest BCUT2D eigenvalue weighted by molar-refractivity contribution is 6.06. The van der Waals surface area contributed by atoms with E-state index in [2.05, 4.69) is 20.3 Å². The van der Waals surface area contributed by atoms with Gasteiger partial charge in [-0.3, -0.25) is 14.9 Å². The van der Waals surface area contributed by atoms with E-state index >= 15 is 0 Å². The van der Waals surface area contributed by atoms with Gasteiger partial charge in [-0.15, -0.1) is 10.2 Å². The molecule has 27 heavy (non-hydrogen) atoms. The van der Waals surface area contributed by atoms with Crippen LogP contribution in [-0.2, 0) is 4.74 Å². The lowest BCUT2D eigenvalue weighted by atomic mass is 10.1. The molecule has 10 heteroatoms. The Kier molecular flexibility index (Phi) is 4.88. The zero-order chi connectivity index (χ0) is 19.4. The standard InChI is InChI=1S/C17H12N4O6/c1-26-17(23)12-5-11(7-14(8-12)21(24)25)15(22)19-13-4-2-3-10(6-13)16-20-18-9-27-16/h2-9H,1H3,(H,19,22). The lowest BCUT2D eigenvalue weighted by Gasteiger charge is -2.08. The minimum Gasteiger partial charge on any atom is -0.465 e. The highest BCUT2D eigenvalue weighted by atomic mass is 16.6. The second-order valence-corrected chi connectivity index (χ2v) is 5.30. The van der Waals surface area contributed by atoms with Crippen LogP contribution in [0.5, 0.6) is 0 Å². The van der Waals surface area contributed by atoms with Crippen LogP contribution in [0.1, 0.15) is 20.7 Å². The van der Waals surface area contributed by atoms with Gasteiger partial charge < -0.3 is 14.5 Å². The van der Waals surface area contributed by atoms with Crippen LogP contribution in [-0.4, -0.2) is 34.1 Å². The molecule has 3 rings (SSSR count). The van der Waals surface area contributed by atoms with Crippen LogP contribution in [0.3, 0.4) is 0 Å². The normalized spacial score (nSPS) is 10.3. The number of nitrogens with one attached hydrogen (secondary N) is 1. The number of non-ortho nitro benzene ring substituents is 1. The first-order valence-corrected chi connectivity index (χ1v) is 7.53. The van der Waals surface area contributed by atoms with Gasteiger partial charge in [0.25, 0.3) is 11.6 Å². The number of aromatic nitrogens is 2. The first-order chi connectivity index (χ1) is 13.0. The molecule has 0 aliphatic heterocycles. The lowest BCUT2D eigenvalue weighted by molar-refractivity contribution is -0.384. The quantitative estimate of drug-likeness (QED) is 0.412. The molecule has 1 heterocycles. The number of hydrogen-bond acceptors (Lipinski definition) is 8. The maximum absolute atomic E-state index is 12.5. The summed E-state index contributed by atoms with van der Waals surface area (Å²) in [6.07, 6.45) is 1.18. The molecule has 10 nitrogen and oxygen atoms in total. The van der Waals surface area contributed by atoms with Crippen molar-refractivity contribution in [1.29, 1.82) is 0 Å². The molecule has 0 atom stereocenters. The number of esters is 1. The number of hydrogen-bond donors (Lipinski definition) is 1. The number of nitro groups is 1. The lowest BCUT2D eigenvalue weighted by Crippen LogP contribution is -2.14. The topological polar surface area (TPSA) is 137 Å². The summed E-state index contributed by atoms with van der Waals surface area (Å²) in [7, 11) is 1.14. The summed E-state index contributed by atoms with van der Waals surface area (Å²) in [6.45, 7) is 0. The Labute approximate surface area is 151 Å². The Balaban J connectivity index is 1.90. The zero-order valence-electron chi connectivity index (χ0n) is 13.9. The van der Waals surface area contributed by atoms with E-state index < -0.39 is 22.5 Å². The van der Waals surface area contributed by atoms with Gasteiger partial charge in [0.1, 0.15) is 0 Å². The first-order valence-electron chi connectivity index (χ1n) is 7.53. The maximum Gasteiger partial charge on any atom is 0.338 e. The predicted molar refractivity (Wildman–Crippen MR) is 92.1 cm³/mol. The van der Waals surface area contributed by atoms with E-state index in [1.54, 1.807) is 24.3 Å². The van der Waals surface area contributed by atoms with Crippen LogP contribution in [0.25, 0.3) is 11.5 Å². The molecule has 0 saturated heterocycles. The smallest absolute Gasteiger partial charge is 0.338 e. The number of carbonyl (C=O) groups excluding carboxylic acids is 2. The van der Waals surface area contributed by atoms with Crippen molar-refractivity contribution in [3.63, 3.8) is 0 Å². The summed E-state index contributed by atoms with van der Waals surface area (Å²) in [5.74, 6) is -1.15. The number of rotatable bonds is 5. The van der Waals surface area contributed by atoms with Gasteiger partial charge in [-0.05, 0) is 24.3 Å². The number of amides is 1. The third-order valence-electron chi connectivity index (χ3n) is 3.54. The second kappa shape index (κ2) is 7.44. The van der Waals surface area contributed by atoms with Crippen molar-refractivity contribution in [2.75, 3.05) is 12.4 Å². The number of nitrogens with zero attached hydrogens (tertiary/aromatic N) is 3. The highest BCUT2D eigenvalue weighted by Crippen LogP contribution is 2.22. The van der Waals surface area contributed by atoms with E-state index in [-0.39, 0.29) is 17.0 Å². The number of benzene rings is 2. The zero-order valence-corrected chi connectivity index (χ0v) is 13.9. The molecule has 0 unspecified atom stereocenters. The van der Waals surface area contributed by atoms with Crippen molar-refractivity contribution in [2.24, 2.45) is 0 Å². The van der Waals surface area contributed by atoms with Crippen LogP contribution >= 0.6 is 0 Å². The predicted octanol–water partition coefficient (Wildman–Crippen LogP) is 2.68. The number of nitro benzene ring substituents is 1. The summed E-state index contributed by atoms with van der Waals surface area (Å²) in [5, 5.41) is 21.0. The Morgan fingerprint density at radius 2 is 1.96 bits per heavy atom. The summed E-state index contributed by atoms with van der Waals surface area (Å²) in [4.78, 5) is 34.6. The molecule has 0 spiro atoms. The molecule has 0 bridgehead atoms. The summed E-state index contributed by atoms with van der Waals surface area (Å²) in [5.41, 5.74) is 0.424. The molecule has 1 amide bonds. The van der Waals surface area contributed by atoms with Gasteiger partial charge in [-0.2, -0.15) is 0 Å². The monoisotopic (exact) mass is 368 g/mol. The third-order valence-corrected chi connectivity index (χ3v) is 3.54. The van der Waals surface area contributed by atoms with Crippen molar-refractivity contribution in [3.8, 4) is 11.5 Å². The maximum atomic E-state index is 12.5. The average Bonchev–Trinajstić information content (AvgIpc) is 3.22. The van der Waals surface area contributed by atoms with E-state index in [0.29, 0.717) is 11.3 Å². The van der Waals surface area contributed by atoms with E-state index in [4.69, 9.17) is 4.42 Å². The SMILES string of the molecule is COC(=O)c1cc(C(=O)Nc2cccc(-c3nnco3)c2)cc([N+](=O)[O-])c1. The van der Waals surface area contributed by atoms with Gasteiger partial charge in [0.05, 0.1) is 17.6 Å². The van der Waals surface area contributed by atoms with Gasteiger partial charge in [0.2, 0.25) is 12.3 Å². The van der Waals surface area contributed by atoms with Gasteiger partial charge in [-0.1, -0.05) is 6.07 Å². The first kappa shape index (κ1) is 17.7. The Morgan fingerprint density at radius 3 is 2.63 bits per heavy atom. The van der Waals surface area contributed by atoms with Crippen LogP contribution in [0.4, 0.5) is 11.4 Å². The summed E-state index contributed by atoms with van der Waals surface area (Å²) in [6, 6.07) is 9.94. The molecule has 0 radical (unpaired) electrons. The van der Waals surface area contributed by atoms with Gasteiger partial charge in [-0.25, -0.2) is 4.79 Å². The van der Waals surface area contributed by atoms with E-state index in [1.807, 2.05) is 0 Å². The largest absolute Gasteiger partial charge is 0.465 e. The van der Waals surface area contributed by atoms with E-state index in [1.165, 1.54) is 12.5 Å². The van der Waals surface area contributed by atoms with E-state index in [0.717, 1.165) is 19.2 Å². The summed E-state index contributed by atoms with van der Waals surface area (Å²) >= 11 is 0. The fourth-order valence-electron chi connectivity index (χ4n) is 2.32. The Morgan fingerprint density at radius 1 is 1.19 bits per heavy atom. The number of carbonyl (C=O) groups is 2. The molecule has 136 valence electrons. The Hall–Kier alpha value is -4.08. The molecule has 0 aliphatic rings. The van der Waals surface area contributed by atoms with Gasteiger partial charge >= 0.3 is 5.97 Å². The second-order valence-electron chi connectivity index (χ2n) is 5.30. The number of anilines is 1. The van der Waals surface area contributed by atoms with Crippen molar-refractivity contribution in [2.45, 2.75) is 0 Å². The molecule has 2 aromatic carbocycles. The van der Waals surface area contributed by atoms with Crippen LogP contribution in [0, 0.1) is 10.1 Å². The summed E-state index contributed by atoms with van der Waals surface area (Å²) < 4.78 is 9.66. The van der Waals surface area contributed by atoms with Crippen molar-refractivity contribution in [1.82, 2.24) is 10.2 Å². The molecule has 1 aromatic heterocycles. The fourth-order valence-corrected chi connectivity index (χ4v) is 2.32. The van der Waals surface area contributed by atoms with Crippen LogP contribution < -0.4 is 5.32 Å². The number of ether oxygens (including phenoxy) is 1. The molecule has 1 N–H and O–H groups in total. The minimum absolute atomic E-state index is 0.0622. The Bertz CT molecular complexity index is 1020. The molecule has 0 aliphatic carbocycles. The third kappa shape index (κ3) is 3.95. The van der Waals surface area contributed by atoms with E-state index in [9.17, 15) is 19.7 Å². The molecular weight excluding hydrogens is 356 g/mol. The van der Waals surface area contributed by atoms with Gasteiger partial charge in [0.15, 0.2) is 0 Å². The average molecular weight is 368 g/mol. The fraction of sp³-hybridized carbons (Fsp3) is 0.0588. The molecular formula is C17H12N4O6. The highest BCUT2D eigenvalue weighted by Gasteiger charge is 2.18. The number of methoxy groups -OCH3 is 1. The van der Waals surface area contributed by atoms with Crippen LogP contribution in [0.2, 0.25) is 0 Å². The van der Waals surface area contributed by atoms with Crippen molar-refractivity contribution in [3.05, 3.63) is 70.1 Å². The molecule has 3 aromatic rings. The van der Waals surface area contributed by atoms with Gasteiger partial charge in [0, 0.05) is 28.9 Å². The van der Waals surface area contributed by atoms with Crippen molar-refractivity contribution >= 4 is 23.3 Å². The van der Waals surface area contributed by atoms with Crippen LogP contribution in [0.15, 0.2) is 53.3 Å². The minimum atomic E-state index is -0.786. The molecule has 0 saturated carbocycles.